The number of ether oxygens (including phenoxy) is 2. The van der Waals surface area contributed by atoms with E-state index >= 15 is 0 Å². The van der Waals surface area contributed by atoms with Crippen LogP contribution in [0.15, 0.2) is 18.2 Å². The van der Waals surface area contributed by atoms with Gasteiger partial charge in [0.05, 0.1) is 13.2 Å². The van der Waals surface area contributed by atoms with Crippen LogP contribution in [-0.4, -0.2) is 30.3 Å². The third-order valence-corrected chi connectivity index (χ3v) is 3.76. The van der Waals surface area contributed by atoms with Crippen LogP contribution in [0.1, 0.15) is 44.6 Å². The van der Waals surface area contributed by atoms with Crippen molar-refractivity contribution >= 4 is 5.97 Å². The highest BCUT2D eigenvalue weighted by atomic mass is 16.5. The fraction of sp³-hybridized carbons (Fsp3) is 0.588. The molecule has 1 aliphatic heterocycles. The lowest BCUT2D eigenvalue weighted by atomic mass is 10.1. The number of rotatable bonds is 7. The normalized spacial score (nSPS) is 15.7. The smallest absolute Gasteiger partial charge is 0.320 e. The average molecular weight is 307 g/mol. The molecule has 1 aliphatic rings. The van der Waals surface area contributed by atoms with E-state index < -0.39 is 12.0 Å². The fourth-order valence-electron chi connectivity index (χ4n) is 2.43. The second-order valence-corrected chi connectivity index (χ2v) is 5.60. The minimum atomic E-state index is -0.792. The standard InChI is InChI=1S/C17H25NO4/c1-2-3-6-14(17(19)20)18-12-13-7-8-15-16(11-13)22-10-5-4-9-21-15/h7-8,11,14,18H,2-6,9-10,12H2,1H3,(H,19,20). The first-order valence-electron chi connectivity index (χ1n) is 8.05. The molecule has 0 amide bonds. The molecule has 2 N–H and O–H groups in total. The molecule has 1 heterocycles. The summed E-state index contributed by atoms with van der Waals surface area (Å²) >= 11 is 0. The minimum Gasteiger partial charge on any atom is -0.490 e. The zero-order chi connectivity index (χ0) is 15.8. The molecule has 2 rings (SSSR count). The molecule has 0 bridgehead atoms. The van der Waals surface area contributed by atoms with Crippen molar-refractivity contribution < 1.29 is 19.4 Å². The fourth-order valence-corrected chi connectivity index (χ4v) is 2.43. The predicted octanol–water partition coefficient (Wildman–Crippen LogP) is 2.97. The van der Waals surface area contributed by atoms with Crippen molar-refractivity contribution in [2.75, 3.05) is 13.2 Å². The Morgan fingerprint density at radius 1 is 1.27 bits per heavy atom. The van der Waals surface area contributed by atoms with E-state index in [1.54, 1.807) is 0 Å². The van der Waals surface area contributed by atoms with Gasteiger partial charge in [-0.2, -0.15) is 0 Å². The van der Waals surface area contributed by atoms with Crippen LogP contribution in [0.2, 0.25) is 0 Å². The zero-order valence-electron chi connectivity index (χ0n) is 13.1. The Balaban J connectivity index is 1.97. The second kappa shape index (κ2) is 8.63. The number of aliphatic carboxylic acids is 1. The maximum Gasteiger partial charge on any atom is 0.320 e. The molecule has 0 aromatic heterocycles. The predicted molar refractivity (Wildman–Crippen MR) is 84.5 cm³/mol. The van der Waals surface area contributed by atoms with Crippen molar-refractivity contribution in [1.29, 1.82) is 0 Å². The molecular formula is C17H25NO4. The molecule has 22 heavy (non-hydrogen) atoms. The van der Waals surface area contributed by atoms with Gasteiger partial charge < -0.3 is 19.9 Å². The third-order valence-electron chi connectivity index (χ3n) is 3.76. The van der Waals surface area contributed by atoms with Crippen molar-refractivity contribution in [2.24, 2.45) is 0 Å². The van der Waals surface area contributed by atoms with Gasteiger partial charge in [0.1, 0.15) is 6.04 Å². The van der Waals surface area contributed by atoms with Gasteiger partial charge in [0.15, 0.2) is 11.5 Å². The van der Waals surface area contributed by atoms with Crippen molar-refractivity contribution in [1.82, 2.24) is 5.32 Å². The van der Waals surface area contributed by atoms with Gasteiger partial charge >= 0.3 is 5.97 Å². The highest BCUT2D eigenvalue weighted by Crippen LogP contribution is 2.30. The molecular weight excluding hydrogens is 282 g/mol. The zero-order valence-corrected chi connectivity index (χ0v) is 13.1. The lowest BCUT2D eigenvalue weighted by Gasteiger charge is -2.18. The first kappa shape index (κ1) is 16.6. The van der Waals surface area contributed by atoms with Gasteiger partial charge in [0, 0.05) is 6.54 Å². The molecule has 1 atom stereocenters. The maximum absolute atomic E-state index is 11.2. The number of carbonyl (C=O) groups is 1. The number of fused-ring (bicyclic) bond motifs is 1. The molecule has 0 aliphatic carbocycles. The molecule has 122 valence electrons. The van der Waals surface area contributed by atoms with Crippen LogP contribution in [0.5, 0.6) is 11.5 Å². The third kappa shape index (κ3) is 4.91. The SMILES string of the molecule is CCCCC(NCc1ccc2c(c1)OCCCCO2)C(=O)O. The van der Waals surface area contributed by atoms with Gasteiger partial charge in [-0.05, 0) is 37.0 Å². The van der Waals surface area contributed by atoms with Crippen LogP contribution in [0.25, 0.3) is 0 Å². The van der Waals surface area contributed by atoms with Crippen LogP contribution >= 0.6 is 0 Å². The van der Waals surface area contributed by atoms with Gasteiger partial charge in [0.2, 0.25) is 0 Å². The number of nitrogens with one attached hydrogen (secondary N) is 1. The molecule has 0 spiro atoms. The van der Waals surface area contributed by atoms with Crippen LogP contribution in [0, 0.1) is 0 Å². The van der Waals surface area contributed by atoms with E-state index in [4.69, 9.17) is 9.47 Å². The van der Waals surface area contributed by atoms with E-state index in [1.807, 2.05) is 18.2 Å². The molecule has 5 nitrogen and oxygen atoms in total. The first-order valence-corrected chi connectivity index (χ1v) is 8.05. The van der Waals surface area contributed by atoms with E-state index in [9.17, 15) is 9.90 Å². The van der Waals surface area contributed by atoms with Crippen LogP contribution < -0.4 is 14.8 Å². The van der Waals surface area contributed by atoms with Gasteiger partial charge in [-0.25, -0.2) is 0 Å². The average Bonchev–Trinajstić information content (AvgIpc) is 2.48. The molecule has 0 saturated heterocycles. The molecule has 0 radical (unpaired) electrons. The monoisotopic (exact) mass is 307 g/mol. The van der Waals surface area contributed by atoms with Gasteiger partial charge in [0.25, 0.3) is 0 Å². The second-order valence-electron chi connectivity index (χ2n) is 5.60. The molecule has 5 heteroatoms. The summed E-state index contributed by atoms with van der Waals surface area (Å²) in [5.74, 6) is 0.725. The van der Waals surface area contributed by atoms with Crippen LogP contribution in [0.4, 0.5) is 0 Å². The molecule has 1 aromatic carbocycles. The topological polar surface area (TPSA) is 67.8 Å². The lowest BCUT2D eigenvalue weighted by Crippen LogP contribution is -2.36. The van der Waals surface area contributed by atoms with Crippen molar-refractivity contribution in [3.05, 3.63) is 23.8 Å². The number of hydrogen-bond acceptors (Lipinski definition) is 4. The summed E-state index contributed by atoms with van der Waals surface area (Å²) in [4.78, 5) is 11.2. The number of carboxylic acid groups (broad SMARTS) is 1. The summed E-state index contributed by atoms with van der Waals surface area (Å²) < 4.78 is 11.4. The Morgan fingerprint density at radius 3 is 2.68 bits per heavy atom. The van der Waals surface area contributed by atoms with E-state index in [-0.39, 0.29) is 0 Å². The quantitative estimate of drug-likeness (QED) is 0.810. The summed E-state index contributed by atoms with van der Waals surface area (Å²) in [5.41, 5.74) is 1.01. The van der Waals surface area contributed by atoms with E-state index in [0.717, 1.165) is 42.7 Å². The van der Waals surface area contributed by atoms with Crippen molar-refractivity contribution in [3.8, 4) is 11.5 Å². The molecule has 1 aromatic rings. The molecule has 0 fully saturated rings. The number of benzene rings is 1. The largest absolute Gasteiger partial charge is 0.490 e. The van der Waals surface area contributed by atoms with E-state index in [2.05, 4.69) is 12.2 Å². The van der Waals surface area contributed by atoms with Gasteiger partial charge in [-0.15, -0.1) is 0 Å². The Bertz CT molecular complexity index is 490. The van der Waals surface area contributed by atoms with E-state index in [0.29, 0.717) is 26.2 Å². The van der Waals surface area contributed by atoms with E-state index in [1.165, 1.54) is 0 Å². The van der Waals surface area contributed by atoms with Gasteiger partial charge in [-0.3, -0.25) is 4.79 Å². The summed E-state index contributed by atoms with van der Waals surface area (Å²) in [6.45, 7) is 3.98. The van der Waals surface area contributed by atoms with Crippen molar-refractivity contribution in [2.45, 2.75) is 51.6 Å². The Morgan fingerprint density at radius 2 is 2.00 bits per heavy atom. The summed E-state index contributed by atoms with van der Waals surface area (Å²) in [6, 6.07) is 5.29. The number of carboxylic acids is 1. The Labute approximate surface area is 131 Å². The highest BCUT2D eigenvalue weighted by molar-refractivity contribution is 5.73. The molecule has 1 unspecified atom stereocenters. The summed E-state index contributed by atoms with van der Waals surface area (Å²) in [5, 5.41) is 12.3. The number of hydrogen-bond donors (Lipinski definition) is 2. The van der Waals surface area contributed by atoms with Crippen LogP contribution in [0.3, 0.4) is 0 Å². The summed E-state index contributed by atoms with van der Waals surface area (Å²) in [7, 11) is 0. The van der Waals surface area contributed by atoms with Crippen LogP contribution in [-0.2, 0) is 11.3 Å². The maximum atomic E-state index is 11.2. The Hall–Kier alpha value is -1.75. The lowest BCUT2D eigenvalue weighted by molar-refractivity contribution is -0.139. The van der Waals surface area contributed by atoms with Crippen molar-refractivity contribution in [3.63, 3.8) is 0 Å². The minimum absolute atomic E-state index is 0.501. The number of unbranched alkanes of at least 4 members (excludes halogenated alkanes) is 1. The van der Waals surface area contributed by atoms with Gasteiger partial charge in [-0.1, -0.05) is 25.8 Å². The highest BCUT2D eigenvalue weighted by Gasteiger charge is 2.16. The Kier molecular flexibility index (Phi) is 6.52. The molecule has 0 saturated carbocycles. The summed E-state index contributed by atoms with van der Waals surface area (Å²) in [6.07, 6.45) is 4.54. The first-order chi connectivity index (χ1) is 10.7.